The third-order valence-electron chi connectivity index (χ3n) is 8.35. The fourth-order valence-corrected chi connectivity index (χ4v) is 6.85. The molecule has 0 radical (unpaired) electrons. The number of nitrogens with zero attached hydrogens (tertiary/aromatic N) is 3. The summed E-state index contributed by atoms with van der Waals surface area (Å²) in [4.78, 5) is 48.9. The molecule has 3 aromatic rings. The number of para-hydroxylation sites is 1. The van der Waals surface area contributed by atoms with E-state index in [0.29, 0.717) is 6.42 Å². The predicted octanol–water partition coefficient (Wildman–Crippen LogP) is 4.40. The molecule has 1 saturated carbocycles. The molecule has 4 rings (SSSR count). The molecule has 1 fully saturated rings. The molecular weight excluding hydrogens is 653 g/mol. The molecule has 6 N–H and O–H groups in total. The zero-order valence-corrected chi connectivity index (χ0v) is 29.6. The summed E-state index contributed by atoms with van der Waals surface area (Å²) in [5, 5.41) is 2.74. The molecule has 15 nitrogen and oxygen atoms in total. The van der Waals surface area contributed by atoms with Crippen LogP contribution in [0.1, 0.15) is 66.7 Å². The monoisotopic (exact) mass is 701 g/mol. The van der Waals surface area contributed by atoms with Gasteiger partial charge in [0.2, 0.25) is 5.95 Å². The molecule has 0 aliphatic heterocycles. The van der Waals surface area contributed by atoms with Gasteiger partial charge in [0.1, 0.15) is 30.8 Å². The second kappa shape index (κ2) is 16.6. The Balaban J connectivity index is 1.58. The lowest BCUT2D eigenvalue weighted by Gasteiger charge is -2.25. The van der Waals surface area contributed by atoms with Crippen molar-refractivity contribution < 1.29 is 32.7 Å². The fourth-order valence-electron chi connectivity index (χ4n) is 5.28. The molecule has 0 spiro atoms. The van der Waals surface area contributed by atoms with Crippen molar-refractivity contribution in [1.82, 2.24) is 24.6 Å². The van der Waals surface area contributed by atoms with Gasteiger partial charge >= 0.3 is 19.7 Å². The Bertz CT molecular complexity index is 1720. The molecular formula is C33H48N7O8P. The quantitative estimate of drug-likeness (QED) is 0.101. The Labute approximate surface area is 285 Å². The Kier molecular flexibility index (Phi) is 12.8. The molecule has 0 bridgehead atoms. The minimum absolute atomic E-state index is 0.0800. The second-order valence-electron chi connectivity index (χ2n) is 12.9. The number of fused-ring (bicyclic) bond motifs is 1. The van der Waals surface area contributed by atoms with Crippen LogP contribution < -0.4 is 26.6 Å². The van der Waals surface area contributed by atoms with E-state index in [0.717, 1.165) is 31.3 Å². The molecule has 1 aromatic carbocycles. The molecule has 0 amide bonds. The number of rotatable bonds is 19. The molecule has 1 aliphatic carbocycles. The van der Waals surface area contributed by atoms with E-state index in [1.54, 1.807) is 50.4 Å². The van der Waals surface area contributed by atoms with Crippen LogP contribution in [0.5, 0.6) is 5.75 Å². The van der Waals surface area contributed by atoms with Crippen LogP contribution >= 0.6 is 7.75 Å². The van der Waals surface area contributed by atoms with Gasteiger partial charge in [-0.1, -0.05) is 58.7 Å². The van der Waals surface area contributed by atoms with Gasteiger partial charge in [-0.3, -0.25) is 28.5 Å². The Morgan fingerprint density at radius 2 is 1.80 bits per heavy atom. The van der Waals surface area contributed by atoms with E-state index in [2.05, 4.69) is 33.9 Å². The van der Waals surface area contributed by atoms with Crippen molar-refractivity contribution >= 4 is 43.0 Å². The van der Waals surface area contributed by atoms with E-state index in [4.69, 9.17) is 30.0 Å². The number of nitrogen functional groups attached to an aromatic ring is 1. The van der Waals surface area contributed by atoms with Gasteiger partial charge in [0, 0.05) is 6.20 Å². The number of nitrogens with two attached hydrogens (primary N) is 2. The first-order valence-corrected chi connectivity index (χ1v) is 18.1. The third kappa shape index (κ3) is 10.0. The Morgan fingerprint density at radius 1 is 1.10 bits per heavy atom. The number of aromatic nitrogens is 4. The summed E-state index contributed by atoms with van der Waals surface area (Å²) in [6.07, 6.45) is 7.26. The highest BCUT2D eigenvalue weighted by Gasteiger charge is 2.52. The van der Waals surface area contributed by atoms with E-state index in [-0.39, 0.29) is 54.5 Å². The van der Waals surface area contributed by atoms with Crippen LogP contribution in [-0.4, -0.2) is 63.4 Å². The molecule has 4 atom stereocenters. The predicted molar refractivity (Wildman–Crippen MR) is 185 cm³/mol. The first kappa shape index (κ1) is 37.8. The van der Waals surface area contributed by atoms with Gasteiger partial charge in [0.25, 0.3) is 5.56 Å². The summed E-state index contributed by atoms with van der Waals surface area (Å²) in [7, 11) is -4.25. The Hall–Kier alpha value is -4.04. The number of anilines is 1. The van der Waals surface area contributed by atoms with Crippen molar-refractivity contribution in [2.24, 2.45) is 23.0 Å². The number of nitrogens with one attached hydrogen (secondary N) is 2. The van der Waals surface area contributed by atoms with E-state index < -0.39 is 42.7 Å². The summed E-state index contributed by atoms with van der Waals surface area (Å²) < 4.78 is 39.0. The number of benzene rings is 1. The first-order chi connectivity index (χ1) is 23.3. The topological polar surface area (TPSA) is 216 Å². The van der Waals surface area contributed by atoms with Gasteiger partial charge in [0.05, 0.1) is 18.6 Å². The standard InChI is InChI=1S/C33H48N7O8P/c1-6-11-23(12-7-2)17-45-30(42)22(5)39-49(44,48-25-13-9-8-10-14-25)47-19-33(18-46-31(43)26(34)21(3)4)15-24(33)16-40-20-36-27-28(40)37-32(35)38-29(27)41/h8-10,13-14,16,20-23,26H,6-7,11-12,15,17-19,34H2,1-5H3,(H,39,44)(H3,35,37,38,41)/b24-16-/t22-,26?,33-,49?/m0/s1. The van der Waals surface area contributed by atoms with Crippen LogP contribution in [0.4, 0.5) is 5.95 Å². The third-order valence-corrected chi connectivity index (χ3v) is 9.98. The lowest BCUT2D eigenvalue weighted by atomic mass is 9.99. The summed E-state index contributed by atoms with van der Waals surface area (Å²) in [5.74, 6) is -0.951. The average molecular weight is 702 g/mol. The van der Waals surface area contributed by atoms with Gasteiger partial charge in [0.15, 0.2) is 11.2 Å². The molecule has 2 heterocycles. The van der Waals surface area contributed by atoms with E-state index in [1.165, 1.54) is 17.8 Å². The zero-order chi connectivity index (χ0) is 35.8. The van der Waals surface area contributed by atoms with Gasteiger partial charge in [-0.15, -0.1) is 0 Å². The highest BCUT2D eigenvalue weighted by atomic mass is 31.2. The summed E-state index contributed by atoms with van der Waals surface area (Å²) >= 11 is 0. The van der Waals surface area contributed by atoms with Crippen LogP contribution in [0.15, 0.2) is 47.0 Å². The van der Waals surface area contributed by atoms with Crippen LogP contribution in [0.2, 0.25) is 0 Å². The van der Waals surface area contributed by atoms with E-state index in [1.807, 2.05) is 0 Å². The van der Waals surface area contributed by atoms with Crippen molar-refractivity contribution in [1.29, 1.82) is 0 Å². The lowest BCUT2D eigenvalue weighted by Crippen LogP contribution is -2.38. The number of carbonyl (C=O) groups excluding carboxylic acids is 2. The van der Waals surface area contributed by atoms with Gasteiger partial charge in [-0.25, -0.2) is 9.55 Å². The summed E-state index contributed by atoms with van der Waals surface area (Å²) in [6, 6.07) is 6.52. The SMILES string of the molecule is CCCC(CCC)COC(=O)[C@H](C)NP(=O)(OC[C@@]1(COC(=O)C(N)C(C)C)C/C1=C/n1cnc2c(=O)[nH]c(N)nc21)Oc1ccccc1. The molecule has 16 heteroatoms. The van der Waals surface area contributed by atoms with E-state index in [9.17, 15) is 18.9 Å². The molecule has 2 aromatic heterocycles. The minimum Gasteiger partial charge on any atom is -0.464 e. The number of aromatic amines is 1. The number of H-pyrrole nitrogens is 1. The second-order valence-corrected chi connectivity index (χ2v) is 14.6. The van der Waals surface area contributed by atoms with Crippen molar-refractivity contribution in [3.8, 4) is 5.75 Å². The molecule has 2 unspecified atom stereocenters. The number of carbonyl (C=O) groups is 2. The van der Waals surface area contributed by atoms with E-state index >= 15 is 0 Å². The van der Waals surface area contributed by atoms with Gasteiger partial charge < -0.3 is 25.5 Å². The number of esters is 2. The molecule has 0 saturated heterocycles. The number of hydrogen-bond donors (Lipinski definition) is 4. The average Bonchev–Trinajstić information content (AvgIpc) is 3.59. The maximum absolute atomic E-state index is 14.3. The number of hydrogen-bond acceptors (Lipinski definition) is 12. The Morgan fingerprint density at radius 3 is 2.45 bits per heavy atom. The first-order valence-electron chi connectivity index (χ1n) is 16.6. The minimum atomic E-state index is -4.25. The normalized spacial score (nSPS) is 19.1. The zero-order valence-electron chi connectivity index (χ0n) is 28.7. The largest absolute Gasteiger partial charge is 0.464 e. The van der Waals surface area contributed by atoms with Gasteiger partial charge in [-0.05, 0) is 55.7 Å². The summed E-state index contributed by atoms with van der Waals surface area (Å²) in [6.45, 7) is 9.18. The summed E-state index contributed by atoms with van der Waals surface area (Å²) in [5.41, 5.74) is 11.4. The van der Waals surface area contributed by atoms with Crippen molar-refractivity contribution in [3.63, 3.8) is 0 Å². The highest BCUT2D eigenvalue weighted by Crippen LogP contribution is 2.56. The molecule has 49 heavy (non-hydrogen) atoms. The maximum Gasteiger partial charge on any atom is 0.459 e. The number of ether oxygens (including phenoxy) is 2. The highest BCUT2D eigenvalue weighted by molar-refractivity contribution is 7.52. The lowest BCUT2D eigenvalue weighted by molar-refractivity contribution is -0.148. The molecule has 1 aliphatic rings. The van der Waals surface area contributed by atoms with Gasteiger partial charge in [-0.2, -0.15) is 10.1 Å². The number of imidazole rings is 1. The van der Waals surface area contributed by atoms with Crippen LogP contribution in [-0.2, 0) is 28.2 Å². The van der Waals surface area contributed by atoms with Crippen LogP contribution in [0, 0.1) is 17.3 Å². The smallest absolute Gasteiger partial charge is 0.459 e. The van der Waals surface area contributed by atoms with Crippen LogP contribution in [0.25, 0.3) is 17.4 Å². The van der Waals surface area contributed by atoms with Crippen molar-refractivity contribution in [2.75, 3.05) is 25.6 Å². The van der Waals surface area contributed by atoms with Crippen molar-refractivity contribution in [2.45, 2.75) is 78.8 Å². The maximum atomic E-state index is 14.3. The van der Waals surface area contributed by atoms with Crippen LogP contribution in [0.3, 0.4) is 0 Å². The fraction of sp³-hybridized carbons (Fsp3) is 0.545. The molecule has 268 valence electrons. The van der Waals surface area contributed by atoms with Crippen molar-refractivity contribution in [3.05, 3.63) is 52.6 Å².